The van der Waals surface area contributed by atoms with Gasteiger partial charge in [0.25, 0.3) is 5.69 Å². The summed E-state index contributed by atoms with van der Waals surface area (Å²) in [6.07, 6.45) is 3.16. The van der Waals surface area contributed by atoms with Crippen LogP contribution >= 0.6 is 0 Å². The van der Waals surface area contributed by atoms with Gasteiger partial charge < -0.3 is 4.74 Å². The van der Waals surface area contributed by atoms with Crippen molar-refractivity contribution in [3.8, 4) is 0 Å². The standard InChI is InChI=1S/C24H31N3O7S/c1-14(2)26-35(32,33)13-20(28)21-15(3)25-16(4)22(24(29)34-19-10-5-6-11-19)23(21)17-8-7-9-18(12-17)27(30)31/h7-9,12,14,19,22-23,26H,5-6,10-11,13H2,1-4H3. The summed E-state index contributed by atoms with van der Waals surface area (Å²) in [5.41, 5.74) is 0.858. The number of ketones is 1. The molecule has 10 nitrogen and oxygen atoms in total. The Morgan fingerprint density at radius 3 is 2.49 bits per heavy atom. The number of benzene rings is 1. The number of Topliss-reactive ketones (excluding diaryl/α,β-unsaturated/α-hetero) is 1. The molecule has 0 bridgehead atoms. The zero-order valence-corrected chi connectivity index (χ0v) is 21.1. The Bertz CT molecular complexity index is 1180. The molecule has 2 atom stereocenters. The number of hydrogen-bond donors (Lipinski definition) is 1. The highest BCUT2D eigenvalue weighted by Gasteiger charge is 2.43. The number of aliphatic imine (C=N–C) groups is 1. The van der Waals surface area contributed by atoms with Gasteiger partial charge in [0, 0.05) is 41.1 Å². The summed E-state index contributed by atoms with van der Waals surface area (Å²) in [7, 11) is -3.96. The SMILES string of the molecule is CC1=NC(C)=C(C(=O)CS(=O)(=O)NC(C)C)C(c2cccc([N+](=O)[O-])c2)C1C(=O)OC1CCCC1. The molecule has 1 N–H and O–H groups in total. The number of sulfonamides is 1. The maximum Gasteiger partial charge on any atom is 0.315 e. The molecule has 11 heteroatoms. The zero-order chi connectivity index (χ0) is 25.9. The molecule has 0 saturated heterocycles. The lowest BCUT2D eigenvalue weighted by Gasteiger charge is -2.32. The van der Waals surface area contributed by atoms with E-state index in [0.717, 1.165) is 25.7 Å². The van der Waals surface area contributed by atoms with Gasteiger partial charge in [0.2, 0.25) is 10.0 Å². The van der Waals surface area contributed by atoms with Crippen LogP contribution in [0.25, 0.3) is 0 Å². The molecule has 190 valence electrons. The molecule has 2 unspecified atom stereocenters. The highest BCUT2D eigenvalue weighted by atomic mass is 32.2. The van der Waals surface area contributed by atoms with Crippen LogP contribution in [0.3, 0.4) is 0 Å². The number of non-ortho nitro benzene ring substituents is 1. The van der Waals surface area contributed by atoms with Crippen molar-refractivity contribution >= 4 is 33.2 Å². The van der Waals surface area contributed by atoms with Crippen LogP contribution in [0.5, 0.6) is 0 Å². The Morgan fingerprint density at radius 1 is 1.23 bits per heavy atom. The predicted octanol–water partition coefficient (Wildman–Crippen LogP) is 3.43. The molecule has 0 spiro atoms. The first-order chi connectivity index (χ1) is 16.4. The fraction of sp³-hybridized carbons (Fsp3) is 0.542. The van der Waals surface area contributed by atoms with E-state index in [2.05, 4.69) is 9.71 Å². The summed E-state index contributed by atoms with van der Waals surface area (Å²) in [5.74, 6) is -4.11. The summed E-state index contributed by atoms with van der Waals surface area (Å²) in [4.78, 5) is 42.1. The maximum absolute atomic E-state index is 13.4. The number of esters is 1. The average molecular weight is 506 g/mol. The number of allylic oxidation sites excluding steroid dienone is 2. The topological polar surface area (TPSA) is 145 Å². The Morgan fingerprint density at radius 2 is 1.89 bits per heavy atom. The number of carbonyl (C=O) groups excluding carboxylic acids is 2. The van der Waals surface area contributed by atoms with E-state index >= 15 is 0 Å². The summed E-state index contributed by atoms with van der Waals surface area (Å²) in [6.45, 7) is 6.50. The third kappa shape index (κ3) is 6.40. The van der Waals surface area contributed by atoms with Crippen molar-refractivity contribution < 1.29 is 27.7 Å². The Hall–Kier alpha value is -2.92. The number of nitro benzene ring substituents is 1. The third-order valence-corrected chi connectivity index (χ3v) is 7.62. The van der Waals surface area contributed by atoms with E-state index in [0.29, 0.717) is 11.3 Å². The number of carbonyl (C=O) groups is 2. The summed E-state index contributed by atoms with van der Waals surface area (Å²) in [5, 5.41) is 11.4. The van der Waals surface area contributed by atoms with Crippen molar-refractivity contribution in [3.63, 3.8) is 0 Å². The maximum atomic E-state index is 13.4. The minimum Gasteiger partial charge on any atom is -0.462 e. The third-order valence-electron chi connectivity index (χ3n) is 6.14. The highest BCUT2D eigenvalue weighted by molar-refractivity contribution is 7.90. The van der Waals surface area contributed by atoms with Gasteiger partial charge in [-0.25, -0.2) is 13.1 Å². The summed E-state index contributed by atoms with van der Waals surface area (Å²) in [6, 6.07) is 5.28. The summed E-state index contributed by atoms with van der Waals surface area (Å²) >= 11 is 0. The first-order valence-electron chi connectivity index (χ1n) is 11.6. The minimum atomic E-state index is -3.96. The van der Waals surface area contributed by atoms with E-state index in [-0.39, 0.29) is 23.1 Å². The number of rotatable bonds is 9. The van der Waals surface area contributed by atoms with Gasteiger partial charge >= 0.3 is 5.97 Å². The average Bonchev–Trinajstić information content (AvgIpc) is 3.24. The minimum absolute atomic E-state index is 0.0404. The van der Waals surface area contributed by atoms with Crippen molar-refractivity contribution in [2.45, 2.75) is 71.4 Å². The van der Waals surface area contributed by atoms with Gasteiger partial charge in [-0.15, -0.1) is 0 Å². The van der Waals surface area contributed by atoms with E-state index in [4.69, 9.17) is 4.74 Å². The summed E-state index contributed by atoms with van der Waals surface area (Å²) < 4.78 is 33.2. The molecule has 1 aromatic carbocycles. The Kier molecular flexibility index (Phi) is 8.22. The molecular formula is C24H31N3O7S. The molecule has 1 aromatic rings. The van der Waals surface area contributed by atoms with E-state index in [9.17, 15) is 28.1 Å². The van der Waals surface area contributed by atoms with Crippen LogP contribution < -0.4 is 4.72 Å². The molecular weight excluding hydrogens is 474 g/mol. The molecule has 1 saturated carbocycles. The smallest absolute Gasteiger partial charge is 0.315 e. The van der Waals surface area contributed by atoms with Crippen LogP contribution in [-0.4, -0.2) is 48.7 Å². The molecule has 0 amide bonds. The second kappa shape index (κ2) is 10.8. The molecule has 35 heavy (non-hydrogen) atoms. The number of nitrogens with zero attached hydrogens (tertiary/aromatic N) is 2. The molecule has 1 aliphatic carbocycles. The first kappa shape index (κ1) is 26.7. The van der Waals surface area contributed by atoms with Crippen molar-refractivity contribution in [2.75, 3.05) is 5.75 Å². The Balaban J connectivity index is 2.08. The first-order valence-corrected chi connectivity index (χ1v) is 13.3. The number of hydrogen-bond acceptors (Lipinski definition) is 8. The molecule has 0 radical (unpaired) electrons. The fourth-order valence-corrected chi connectivity index (χ4v) is 6.10. The van der Waals surface area contributed by atoms with Crippen LogP contribution in [0, 0.1) is 16.0 Å². The molecule has 1 fully saturated rings. The molecule has 1 heterocycles. The van der Waals surface area contributed by atoms with Crippen LogP contribution in [0.1, 0.15) is 64.9 Å². The zero-order valence-electron chi connectivity index (χ0n) is 20.3. The van der Waals surface area contributed by atoms with E-state index in [1.165, 1.54) is 18.2 Å². The van der Waals surface area contributed by atoms with Gasteiger partial charge in [-0.3, -0.25) is 24.7 Å². The molecule has 2 aliphatic rings. The van der Waals surface area contributed by atoms with Gasteiger partial charge in [0.1, 0.15) is 17.8 Å². The van der Waals surface area contributed by atoms with Crippen LogP contribution in [0.2, 0.25) is 0 Å². The number of ether oxygens (including phenoxy) is 1. The largest absolute Gasteiger partial charge is 0.462 e. The van der Waals surface area contributed by atoms with Crippen molar-refractivity contribution in [3.05, 3.63) is 51.2 Å². The van der Waals surface area contributed by atoms with Crippen LogP contribution in [0.4, 0.5) is 5.69 Å². The number of nitrogens with one attached hydrogen (secondary N) is 1. The molecule has 0 aromatic heterocycles. The molecule has 1 aliphatic heterocycles. The molecule has 3 rings (SSSR count). The van der Waals surface area contributed by atoms with Gasteiger partial charge in [-0.1, -0.05) is 12.1 Å². The van der Waals surface area contributed by atoms with Gasteiger partial charge in [-0.2, -0.15) is 0 Å². The van der Waals surface area contributed by atoms with E-state index in [1.807, 2.05) is 0 Å². The second-order valence-corrected chi connectivity index (χ2v) is 11.1. The lowest BCUT2D eigenvalue weighted by Crippen LogP contribution is -2.40. The lowest BCUT2D eigenvalue weighted by molar-refractivity contribution is -0.384. The fourth-order valence-electron chi connectivity index (χ4n) is 4.79. The normalized spacial score (nSPS) is 21.2. The highest BCUT2D eigenvalue weighted by Crippen LogP contribution is 2.41. The van der Waals surface area contributed by atoms with Crippen LogP contribution in [0.15, 0.2) is 40.5 Å². The van der Waals surface area contributed by atoms with Crippen molar-refractivity contribution in [1.82, 2.24) is 4.72 Å². The quantitative estimate of drug-likeness (QED) is 0.307. The van der Waals surface area contributed by atoms with E-state index in [1.54, 1.807) is 33.8 Å². The van der Waals surface area contributed by atoms with Crippen molar-refractivity contribution in [1.29, 1.82) is 0 Å². The predicted molar refractivity (Wildman–Crippen MR) is 131 cm³/mol. The van der Waals surface area contributed by atoms with E-state index < -0.39 is 50.3 Å². The van der Waals surface area contributed by atoms with Gasteiger partial charge in [0.05, 0.1) is 4.92 Å². The Labute approximate surface area is 205 Å². The second-order valence-electron chi connectivity index (χ2n) is 9.36. The van der Waals surface area contributed by atoms with Gasteiger partial charge in [0.15, 0.2) is 5.78 Å². The van der Waals surface area contributed by atoms with Crippen LogP contribution in [-0.2, 0) is 24.3 Å². The lowest BCUT2D eigenvalue weighted by atomic mass is 9.74. The van der Waals surface area contributed by atoms with Gasteiger partial charge in [-0.05, 0) is 58.9 Å². The van der Waals surface area contributed by atoms with Crippen molar-refractivity contribution in [2.24, 2.45) is 10.9 Å². The monoisotopic (exact) mass is 505 g/mol. The number of nitro groups is 1.